The van der Waals surface area contributed by atoms with E-state index in [2.05, 4.69) is 5.32 Å². The van der Waals surface area contributed by atoms with E-state index in [0.717, 1.165) is 22.7 Å². The summed E-state index contributed by atoms with van der Waals surface area (Å²) in [5.74, 6) is 0.247. The lowest BCUT2D eigenvalue weighted by molar-refractivity contribution is 0.0600. The maximum Gasteiger partial charge on any atom is 0.337 e. The summed E-state index contributed by atoms with van der Waals surface area (Å²) in [5.41, 5.74) is 3.42. The third-order valence-corrected chi connectivity index (χ3v) is 5.00. The van der Waals surface area contributed by atoms with Gasteiger partial charge < -0.3 is 14.8 Å². The highest BCUT2D eigenvalue weighted by Gasteiger charge is 2.34. The molecule has 0 bridgehead atoms. The molecule has 0 spiro atoms. The Labute approximate surface area is 175 Å². The van der Waals surface area contributed by atoms with Crippen LogP contribution < -0.4 is 15.0 Å². The summed E-state index contributed by atoms with van der Waals surface area (Å²) in [4.78, 5) is 26.9. The van der Waals surface area contributed by atoms with Crippen molar-refractivity contribution in [1.29, 1.82) is 0 Å². The quantitative estimate of drug-likeness (QED) is 0.630. The van der Waals surface area contributed by atoms with Gasteiger partial charge in [-0.05, 0) is 61.0 Å². The number of methoxy groups -OCH3 is 1. The van der Waals surface area contributed by atoms with Gasteiger partial charge in [-0.2, -0.15) is 0 Å². The molecule has 1 heterocycles. The van der Waals surface area contributed by atoms with Crippen molar-refractivity contribution in [3.63, 3.8) is 0 Å². The topological polar surface area (TPSA) is 67.9 Å². The van der Waals surface area contributed by atoms with Gasteiger partial charge in [-0.1, -0.05) is 24.3 Å². The van der Waals surface area contributed by atoms with Gasteiger partial charge in [0.1, 0.15) is 11.9 Å². The molecule has 1 unspecified atom stereocenters. The van der Waals surface area contributed by atoms with Gasteiger partial charge in [-0.25, -0.2) is 4.79 Å². The van der Waals surface area contributed by atoms with E-state index in [1.807, 2.05) is 67.6 Å². The van der Waals surface area contributed by atoms with Crippen LogP contribution in [0.25, 0.3) is 0 Å². The third-order valence-electron chi connectivity index (χ3n) is 5.00. The number of nitrogens with one attached hydrogen (secondary N) is 1. The zero-order chi connectivity index (χ0) is 21.1. The Morgan fingerprint density at radius 3 is 2.37 bits per heavy atom. The highest BCUT2D eigenvalue weighted by Crippen LogP contribution is 2.37. The highest BCUT2D eigenvalue weighted by atomic mass is 16.5. The smallest absolute Gasteiger partial charge is 0.337 e. The minimum absolute atomic E-state index is 0.101. The van der Waals surface area contributed by atoms with Crippen molar-refractivity contribution in [1.82, 2.24) is 0 Å². The van der Waals surface area contributed by atoms with E-state index in [0.29, 0.717) is 17.7 Å². The lowest BCUT2D eigenvalue weighted by atomic mass is 10.0. The van der Waals surface area contributed by atoms with Crippen molar-refractivity contribution in [2.75, 3.05) is 23.9 Å². The summed E-state index contributed by atoms with van der Waals surface area (Å²) >= 11 is 0. The van der Waals surface area contributed by atoms with E-state index in [1.165, 1.54) is 7.11 Å². The van der Waals surface area contributed by atoms with Gasteiger partial charge in [-0.3, -0.25) is 9.69 Å². The summed E-state index contributed by atoms with van der Waals surface area (Å²) in [5, 5.41) is 3.45. The number of hydrogen-bond donors (Lipinski definition) is 1. The average Bonchev–Trinajstić information content (AvgIpc) is 2.79. The normalized spacial score (nSPS) is 15.2. The molecule has 0 aromatic heterocycles. The third kappa shape index (κ3) is 3.59. The maximum absolute atomic E-state index is 13.4. The number of carbonyl (C=O) groups excluding carboxylic acids is 2. The fourth-order valence-corrected chi connectivity index (χ4v) is 3.54. The summed E-state index contributed by atoms with van der Waals surface area (Å²) in [6.07, 6.45) is -0.433. The zero-order valence-corrected chi connectivity index (χ0v) is 16.8. The zero-order valence-electron chi connectivity index (χ0n) is 16.8. The molecule has 0 aliphatic carbocycles. The van der Waals surface area contributed by atoms with Crippen LogP contribution in [0.5, 0.6) is 5.75 Å². The minimum atomic E-state index is -0.433. The number of fused-ring (bicyclic) bond motifs is 1. The van der Waals surface area contributed by atoms with E-state index >= 15 is 0 Å². The van der Waals surface area contributed by atoms with Crippen molar-refractivity contribution < 1.29 is 19.1 Å². The molecule has 3 aromatic carbocycles. The first kappa shape index (κ1) is 19.5. The van der Waals surface area contributed by atoms with Crippen LogP contribution in [-0.4, -0.2) is 25.6 Å². The van der Waals surface area contributed by atoms with Gasteiger partial charge in [0.25, 0.3) is 5.91 Å². The van der Waals surface area contributed by atoms with Crippen LogP contribution >= 0.6 is 0 Å². The number of hydrogen-bond acceptors (Lipinski definition) is 5. The van der Waals surface area contributed by atoms with E-state index in [1.54, 1.807) is 17.0 Å². The number of esters is 1. The Balaban J connectivity index is 1.75. The number of benzene rings is 3. The van der Waals surface area contributed by atoms with Crippen LogP contribution in [0.2, 0.25) is 0 Å². The lowest BCUT2D eigenvalue weighted by Gasteiger charge is -2.38. The second-order valence-electron chi connectivity index (χ2n) is 6.81. The van der Waals surface area contributed by atoms with Crippen LogP contribution in [-0.2, 0) is 4.74 Å². The molecule has 3 aromatic rings. The van der Waals surface area contributed by atoms with Crippen molar-refractivity contribution in [2.24, 2.45) is 0 Å². The van der Waals surface area contributed by atoms with Crippen LogP contribution in [0.15, 0.2) is 72.8 Å². The Morgan fingerprint density at radius 1 is 1.00 bits per heavy atom. The first-order chi connectivity index (χ1) is 14.6. The predicted molar refractivity (Wildman–Crippen MR) is 115 cm³/mol. The van der Waals surface area contributed by atoms with Gasteiger partial charge >= 0.3 is 5.97 Å². The van der Waals surface area contributed by atoms with Crippen LogP contribution in [0.3, 0.4) is 0 Å². The molecule has 1 aliphatic heterocycles. The number of para-hydroxylation sites is 1. The molecule has 152 valence electrons. The van der Waals surface area contributed by atoms with Gasteiger partial charge in [0, 0.05) is 11.4 Å². The highest BCUT2D eigenvalue weighted by molar-refractivity contribution is 6.12. The standard InChI is InChI=1S/C24H22N2O4/c1-3-30-19-14-12-18(13-15-19)26-22(16-8-10-17(11-9-16)24(28)29-2)25-21-7-5-4-6-20(21)23(26)27/h4-15,22,25H,3H2,1-2H3. The fourth-order valence-electron chi connectivity index (χ4n) is 3.54. The Kier molecular flexibility index (Phi) is 5.39. The molecule has 0 saturated heterocycles. The monoisotopic (exact) mass is 402 g/mol. The minimum Gasteiger partial charge on any atom is -0.494 e. The molecule has 6 heteroatoms. The predicted octanol–water partition coefficient (Wildman–Crippen LogP) is 4.64. The molecule has 1 N–H and O–H groups in total. The molecular weight excluding hydrogens is 380 g/mol. The van der Waals surface area contributed by atoms with E-state index < -0.39 is 12.1 Å². The van der Waals surface area contributed by atoms with Crippen molar-refractivity contribution in [2.45, 2.75) is 13.1 Å². The SMILES string of the molecule is CCOc1ccc(N2C(=O)c3ccccc3NC2c2ccc(C(=O)OC)cc2)cc1. The summed E-state index contributed by atoms with van der Waals surface area (Å²) < 4.78 is 10.3. The molecule has 0 saturated carbocycles. The largest absolute Gasteiger partial charge is 0.494 e. The van der Waals surface area contributed by atoms with Gasteiger partial charge in [-0.15, -0.1) is 0 Å². The maximum atomic E-state index is 13.4. The summed E-state index contributed by atoms with van der Waals surface area (Å²) in [6, 6.07) is 21.9. The first-order valence-electron chi connectivity index (χ1n) is 9.72. The number of amides is 1. The molecular formula is C24H22N2O4. The van der Waals surface area contributed by atoms with Crippen molar-refractivity contribution in [3.8, 4) is 5.75 Å². The number of carbonyl (C=O) groups is 2. The van der Waals surface area contributed by atoms with Crippen LogP contribution in [0.4, 0.5) is 11.4 Å². The fraction of sp³-hybridized carbons (Fsp3) is 0.167. The molecule has 4 rings (SSSR count). The second-order valence-corrected chi connectivity index (χ2v) is 6.81. The van der Waals surface area contributed by atoms with Gasteiger partial charge in [0.15, 0.2) is 0 Å². The second kappa shape index (κ2) is 8.29. The van der Waals surface area contributed by atoms with E-state index in [9.17, 15) is 9.59 Å². The average molecular weight is 402 g/mol. The Morgan fingerprint density at radius 2 is 1.70 bits per heavy atom. The number of rotatable bonds is 5. The van der Waals surface area contributed by atoms with Crippen molar-refractivity contribution >= 4 is 23.3 Å². The summed E-state index contributed by atoms with van der Waals surface area (Å²) in [7, 11) is 1.35. The molecule has 6 nitrogen and oxygen atoms in total. The number of anilines is 2. The molecule has 0 radical (unpaired) electrons. The van der Waals surface area contributed by atoms with Crippen molar-refractivity contribution in [3.05, 3.63) is 89.5 Å². The van der Waals surface area contributed by atoms with Gasteiger partial charge in [0.05, 0.1) is 24.8 Å². The summed E-state index contributed by atoms with van der Waals surface area (Å²) in [6.45, 7) is 2.50. The number of nitrogens with zero attached hydrogens (tertiary/aromatic N) is 1. The van der Waals surface area contributed by atoms with Crippen LogP contribution in [0, 0.1) is 0 Å². The van der Waals surface area contributed by atoms with Gasteiger partial charge in [0.2, 0.25) is 0 Å². The Hall–Kier alpha value is -3.80. The molecule has 1 amide bonds. The molecule has 1 atom stereocenters. The first-order valence-corrected chi connectivity index (χ1v) is 9.72. The molecule has 0 fully saturated rings. The lowest BCUT2D eigenvalue weighted by Crippen LogP contribution is -2.43. The van der Waals surface area contributed by atoms with Crippen LogP contribution in [0.1, 0.15) is 39.4 Å². The number of ether oxygens (including phenoxy) is 2. The molecule has 1 aliphatic rings. The van der Waals surface area contributed by atoms with E-state index in [4.69, 9.17) is 9.47 Å². The Bertz CT molecular complexity index is 1060. The molecule has 30 heavy (non-hydrogen) atoms. The van der Waals surface area contributed by atoms with E-state index in [-0.39, 0.29) is 5.91 Å².